The molecule has 7 nitrogen and oxygen atoms in total. The maximum Gasteiger partial charge on any atom is 0.427 e. The zero-order valence-electron chi connectivity index (χ0n) is 30.4. The molecule has 0 bridgehead atoms. The minimum Gasteiger partial charge on any atom is -0.445 e. The van der Waals surface area contributed by atoms with Gasteiger partial charge in [0.25, 0.3) is 0 Å². The number of thioether (sulfide) groups is 1. The van der Waals surface area contributed by atoms with Crippen LogP contribution in [0.1, 0.15) is 182 Å². The van der Waals surface area contributed by atoms with Crippen LogP contribution in [0.15, 0.2) is 0 Å². The summed E-state index contributed by atoms with van der Waals surface area (Å²) in [7, 11) is 3.87. The Labute approximate surface area is 282 Å². The fourth-order valence-electron chi connectivity index (χ4n) is 5.42. The number of hydrogen-bond donors (Lipinski definition) is 0. The summed E-state index contributed by atoms with van der Waals surface area (Å²) in [6, 6.07) is 0. The van der Waals surface area contributed by atoms with E-state index in [2.05, 4.69) is 27.7 Å². The van der Waals surface area contributed by atoms with Gasteiger partial charge in [0, 0.05) is 12.3 Å². The van der Waals surface area contributed by atoms with Gasteiger partial charge in [-0.05, 0) is 65.5 Å². The van der Waals surface area contributed by atoms with Crippen molar-refractivity contribution in [2.24, 2.45) is 0 Å². The number of ether oxygens (including phenoxy) is 2. The summed E-state index contributed by atoms with van der Waals surface area (Å²) in [5.41, 5.74) is 0. The number of carbonyl (C=O) groups is 3. The van der Waals surface area contributed by atoms with Gasteiger partial charge in [0.2, 0.25) is 0 Å². The van der Waals surface area contributed by atoms with E-state index in [1.54, 1.807) is 0 Å². The number of carbonyl (C=O) groups excluding carboxylic acids is 3. The van der Waals surface area contributed by atoms with Gasteiger partial charge in [-0.2, -0.15) is 0 Å². The second-order valence-electron chi connectivity index (χ2n) is 13.1. The van der Waals surface area contributed by atoms with Gasteiger partial charge in [0.15, 0.2) is 0 Å². The fourth-order valence-corrected chi connectivity index (χ4v) is 6.33. The third kappa shape index (κ3) is 25.5. The second kappa shape index (κ2) is 31.3. The second-order valence-corrected chi connectivity index (χ2v) is 14.1. The first-order valence-corrected chi connectivity index (χ1v) is 19.8. The van der Waals surface area contributed by atoms with Crippen molar-refractivity contribution < 1.29 is 23.9 Å². The monoisotopic (exact) mass is 657 g/mol. The van der Waals surface area contributed by atoms with E-state index in [0.717, 1.165) is 114 Å². The molecule has 0 radical (unpaired) electrons. The third-order valence-electron chi connectivity index (χ3n) is 8.37. The smallest absolute Gasteiger partial charge is 0.427 e. The van der Waals surface area contributed by atoms with Gasteiger partial charge in [-0.25, -0.2) is 9.59 Å². The molecule has 0 aromatic carbocycles. The number of amides is 3. The highest BCUT2D eigenvalue weighted by atomic mass is 32.2. The number of rotatable bonds is 29. The van der Waals surface area contributed by atoms with E-state index in [1.807, 2.05) is 19.0 Å². The molecular weight excluding hydrogens is 584 g/mol. The van der Waals surface area contributed by atoms with Crippen molar-refractivity contribution in [3.63, 3.8) is 0 Å². The first-order valence-electron chi connectivity index (χ1n) is 18.8. The molecule has 2 atom stereocenters. The zero-order valence-corrected chi connectivity index (χ0v) is 31.2. The molecule has 0 spiro atoms. The molecule has 8 heteroatoms. The molecule has 266 valence electrons. The van der Waals surface area contributed by atoms with Gasteiger partial charge in [-0.3, -0.25) is 4.79 Å². The molecule has 0 aliphatic heterocycles. The summed E-state index contributed by atoms with van der Waals surface area (Å²) in [5, 5.41) is -0.611. The van der Waals surface area contributed by atoms with Gasteiger partial charge in [0.1, 0.15) is 12.2 Å². The number of hydrogen-bond acceptors (Lipinski definition) is 7. The minimum atomic E-state index is -0.877. The molecule has 2 unspecified atom stereocenters. The van der Waals surface area contributed by atoms with E-state index >= 15 is 0 Å². The molecular formula is C37H72N2O5S. The normalized spacial score (nSPS) is 12.7. The van der Waals surface area contributed by atoms with E-state index in [9.17, 15) is 14.4 Å². The van der Waals surface area contributed by atoms with Gasteiger partial charge in [-0.15, -0.1) is 4.90 Å². The molecule has 0 aromatic heterocycles. The van der Waals surface area contributed by atoms with E-state index in [1.165, 1.54) is 51.4 Å². The first-order chi connectivity index (χ1) is 21.8. The maximum absolute atomic E-state index is 13.6. The van der Waals surface area contributed by atoms with Crippen LogP contribution in [-0.4, -0.2) is 65.8 Å². The largest absolute Gasteiger partial charge is 0.445 e. The van der Waals surface area contributed by atoms with Crippen LogP contribution in [0.3, 0.4) is 0 Å². The maximum atomic E-state index is 13.6. The lowest BCUT2D eigenvalue weighted by Gasteiger charge is -2.25. The average Bonchev–Trinajstić information content (AvgIpc) is 3.00. The van der Waals surface area contributed by atoms with Crippen molar-refractivity contribution in [3.8, 4) is 0 Å². The molecule has 0 N–H and O–H groups in total. The van der Waals surface area contributed by atoms with Gasteiger partial charge in [-0.1, -0.05) is 142 Å². The van der Waals surface area contributed by atoms with Gasteiger partial charge in [0.05, 0.1) is 0 Å². The Balaban J connectivity index is 5.61. The summed E-state index contributed by atoms with van der Waals surface area (Å²) in [4.78, 5) is 43.2. The molecule has 0 saturated heterocycles. The van der Waals surface area contributed by atoms with Crippen LogP contribution >= 0.6 is 11.8 Å². The number of nitrogens with zero attached hydrogens (tertiary/aromatic N) is 2. The van der Waals surface area contributed by atoms with E-state index in [4.69, 9.17) is 9.47 Å². The third-order valence-corrected chi connectivity index (χ3v) is 9.18. The summed E-state index contributed by atoms with van der Waals surface area (Å²) in [6.45, 7) is 9.45. The van der Waals surface area contributed by atoms with Gasteiger partial charge < -0.3 is 14.4 Å². The van der Waals surface area contributed by atoms with Crippen LogP contribution < -0.4 is 0 Å². The van der Waals surface area contributed by atoms with Crippen LogP contribution in [0.5, 0.6) is 0 Å². The Morgan fingerprint density at radius 3 is 1.16 bits per heavy atom. The predicted molar refractivity (Wildman–Crippen MR) is 192 cm³/mol. The van der Waals surface area contributed by atoms with Crippen molar-refractivity contribution in [2.75, 3.05) is 26.4 Å². The number of unbranched alkanes of at least 4 members (excludes halogenated alkanes) is 16. The van der Waals surface area contributed by atoms with Crippen molar-refractivity contribution in [2.45, 2.75) is 194 Å². The summed E-state index contributed by atoms with van der Waals surface area (Å²) >= 11 is 0.974. The molecule has 3 amide bonds. The Bertz CT molecular complexity index is 675. The Hall–Kier alpha value is -1.28. The molecule has 0 saturated carbocycles. The van der Waals surface area contributed by atoms with Crippen LogP contribution in [0.4, 0.5) is 14.4 Å². The molecule has 45 heavy (non-hydrogen) atoms. The Morgan fingerprint density at radius 2 is 0.822 bits per heavy atom. The molecule has 0 aliphatic rings. The van der Waals surface area contributed by atoms with Gasteiger partial charge >= 0.3 is 17.4 Å². The highest BCUT2D eigenvalue weighted by molar-refractivity contribution is 8.13. The van der Waals surface area contributed by atoms with E-state index < -0.39 is 17.4 Å². The zero-order chi connectivity index (χ0) is 33.5. The van der Waals surface area contributed by atoms with E-state index in [0.29, 0.717) is 17.2 Å². The minimum absolute atomic E-state index is 0.302. The Kier molecular flexibility index (Phi) is 30.4. The van der Waals surface area contributed by atoms with E-state index in [-0.39, 0.29) is 12.2 Å². The molecule has 0 fully saturated rings. The quantitative estimate of drug-likeness (QED) is 0.0741. The van der Waals surface area contributed by atoms with Crippen molar-refractivity contribution in [1.29, 1.82) is 0 Å². The standard InChI is InChI=1S/C37H72N2O5S/c1-7-11-15-19-21-25-29-33(27-23-17-13-9-3)43-35(40)39(37(42)45-32-31-38(5)6)36(41)44-34(28-24-18-14-10-4)30-26-22-20-16-12-8-2/h33-34H,7-32H2,1-6H3. The van der Waals surface area contributed by atoms with Crippen molar-refractivity contribution in [3.05, 3.63) is 0 Å². The summed E-state index contributed by atoms with van der Waals surface area (Å²) < 4.78 is 11.9. The molecule has 0 rings (SSSR count). The molecule has 0 heterocycles. The number of imide groups is 3. The lowest BCUT2D eigenvalue weighted by molar-refractivity contribution is 0.0394. The molecule has 0 aliphatic carbocycles. The topological polar surface area (TPSA) is 76.1 Å². The van der Waals surface area contributed by atoms with Crippen molar-refractivity contribution >= 4 is 29.2 Å². The van der Waals surface area contributed by atoms with Crippen molar-refractivity contribution in [1.82, 2.24) is 9.80 Å². The summed E-state index contributed by atoms with van der Waals surface area (Å²) in [6.07, 6.45) is 23.2. The van der Waals surface area contributed by atoms with Crippen LogP contribution in [0.25, 0.3) is 0 Å². The Morgan fingerprint density at radius 1 is 0.511 bits per heavy atom. The fraction of sp³-hybridized carbons (Fsp3) is 0.919. The lowest BCUT2D eigenvalue weighted by atomic mass is 10.0. The van der Waals surface area contributed by atoms with Crippen LogP contribution in [-0.2, 0) is 9.47 Å². The summed E-state index contributed by atoms with van der Waals surface area (Å²) in [5.74, 6) is 0.472. The predicted octanol–water partition coefficient (Wildman–Crippen LogP) is 12.2. The molecule has 0 aromatic rings. The highest BCUT2D eigenvalue weighted by Gasteiger charge is 2.35. The highest BCUT2D eigenvalue weighted by Crippen LogP contribution is 2.22. The first kappa shape index (κ1) is 43.7. The van der Waals surface area contributed by atoms with Crippen LogP contribution in [0.2, 0.25) is 0 Å². The SMILES string of the molecule is CCCCCCCCC(CCCCCC)OC(=O)N(C(=O)OC(CCCCCC)CCCCCCCC)C(=O)SCCN(C)C. The lowest BCUT2D eigenvalue weighted by Crippen LogP contribution is -2.43. The van der Waals surface area contributed by atoms with Crippen LogP contribution in [0, 0.1) is 0 Å². The average molecular weight is 657 g/mol.